The van der Waals surface area contributed by atoms with Gasteiger partial charge in [-0.05, 0) is 38.8 Å². The lowest BCUT2D eigenvalue weighted by molar-refractivity contribution is 0.185. The Kier molecular flexibility index (Phi) is 3.31. The van der Waals surface area contributed by atoms with E-state index in [-0.39, 0.29) is 0 Å². The van der Waals surface area contributed by atoms with Gasteiger partial charge in [0.25, 0.3) is 0 Å². The van der Waals surface area contributed by atoms with E-state index in [1.54, 1.807) is 0 Å². The Morgan fingerprint density at radius 2 is 1.87 bits per heavy atom. The molecule has 0 atom stereocenters. The fourth-order valence-electron chi connectivity index (χ4n) is 1.98. The summed E-state index contributed by atoms with van der Waals surface area (Å²) in [6.45, 7) is 7.70. The molecule has 2 heterocycles. The van der Waals surface area contributed by atoms with Gasteiger partial charge in [-0.25, -0.2) is 9.97 Å². The van der Waals surface area contributed by atoms with E-state index < -0.39 is 0 Å². The van der Waals surface area contributed by atoms with Crippen molar-refractivity contribution < 1.29 is 0 Å². The average molecular weight is 205 g/mol. The van der Waals surface area contributed by atoms with Gasteiger partial charge in [0.15, 0.2) is 0 Å². The van der Waals surface area contributed by atoms with E-state index >= 15 is 0 Å². The van der Waals surface area contributed by atoms with Gasteiger partial charge in [-0.15, -0.1) is 0 Å². The van der Waals surface area contributed by atoms with Crippen LogP contribution in [0.4, 0.5) is 0 Å². The van der Waals surface area contributed by atoms with E-state index in [4.69, 9.17) is 0 Å². The number of nitrogens with zero attached hydrogens (tertiary/aromatic N) is 3. The second-order valence-electron chi connectivity index (χ2n) is 4.60. The second-order valence-corrected chi connectivity index (χ2v) is 4.60. The first-order chi connectivity index (χ1) is 7.24. The van der Waals surface area contributed by atoms with Gasteiger partial charge in [-0.3, -0.25) is 4.90 Å². The number of likely N-dealkylation sites (tertiary alicyclic amines) is 1. The minimum Gasteiger partial charge on any atom is -0.299 e. The van der Waals surface area contributed by atoms with Gasteiger partial charge < -0.3 is 0 Å². The van der Waals surface area contributed by atoms with Gasteiger partial charge in [-0.1, -0.05) is 6.92 Å². The van der Waals surface area contributed by atoms with Gasteiger partial charge in [-0.2, -0.15) is 0 Å². The number of hydrogen-bond acceptors (Lipinski definition) is 3. The van der Waals surface area contributed by atoms with Crippen LogP contribution in [0.15, 0.2) is 12.4 Å². The van der Waals surface area contributed by atoms with E-state index in [0.717, 1.165) is 18.3 Å². The maximum Gasteiger partial charge on any atom is 0.125 e. The third kappa shape index (κ3) is 2.99. The molecule has 82 valence electrons. The molecule has 0 aromatic carbocycles. The van der Waals surface area contributed by atoms with Crippen LogP contribution in [-0.4, -0.2) is 28.0 Å². The fourth-order valence-corrected chi connectivity index (χ4v) is 1.98. The van der Waals surface area contributed by atoms with Gasteiger partial charge in [0.05, 0.1) is 0 Å². The van der Waals surface area contributed by atoms with Crippen LogP contribution in [0.2, 0.25) is 0 Å². The smallest absolute Gasteiger partial charge is 0.125 e. The molecule has 0 amide bonds. The molecule has 0 aliphatic carbocycles. The molecule has 1 saturated heterocycles. The summed E-state index contributed by atoms with van der Waals surface area (Å²) in [4.78, 5) is 10.9. The molecule has 3 nitrogen and oxygen atoms in total. The monoisotopic (exact) mass is 205 g/mol. The third-order valence-corrected chi connectivity index (χ3v) is 3.12. The van der Waals surface area contributed by atoms with E-state index in [1.807, 2.05) is 19.3 Å². The third-order valence-electron chi connectivity index (χ3n) is 3.12. The van der Waals surface area contributed by atoms with Crippen LogP contribution in [0.5, 0.6) is 0 Å². The first kappa shape index (κ1) is 10.6. The molecule has 0 spiro atoms. The van der Waals surface area contributed by atoms with Crippen molar-refractivity contribution in [1.29, 1.82) is 0 Å². The molecule has 0 saturated carbocycles. The minimum atomic E-state index is 0.853. The van der Waals surface area contributed by atoms with Crippen LogP contribution in [0, 0.1) is 12.8 Å². The Balaban J connectivity index is 1.89. The lowest BCUT2D eigenvalue weighted by Gasteiger charge is -2.29. The maximum absolute atomic E-state index is 4.22. The van der Waals surface area contributed by atoms with Crippen molar-refractivity contribution in [1.82, 2.24) is 14.9 Å². The lowest BCUT2D eigenvalue weighted by Crippen LogP contribution is -2.32. The lowest BCUT2D eigenvalue weighted by atomic mass is 9.99. The van der Waals surface area contributed by atoms with Crippen molar-refractivity contribution in [2.45, 2.75) is 33.2 Å². The first-order valence-electron chi connectivity index (χ1n) is 5.74. The van der Waals surface area contributed by atoms with E-state index in [9.17, 15) is 0 Å². The Morgan fingerprint density at radius 3 is 2.47 bits per heavy atom. The van der Waals surface area contributed by atoms with Crippen LogP contribution in [0.3, 0.4) is 0 Å². The maximum atomic E-state index is 4.22. The summed E-state index contributed by atoms with van der Waals surface area (Å²) >= 11 is 0. The zero-order valence-corrected chi connectivity index (χ0v) is 9.61. The summed E-state index contributed by atoms with van der Waals surface area (Å²) in [5.74, 6) is 1.75. The summed E-state index contributed by atoms with van der Waals surface area (Å²) in [7, 11) is 0. The highest BCUT2D eigenvalue weighted by Gasteiger charge is 2.15. The van der Waals surface area contributed by atoms with Crippen LogP contribution in [-0.2, 0) is 6.54 Å². The SMILES string of the molecule is Cc1ncc(CN2CCC(C)CC2)cn1. The molecule has 1 aliphatic rings. The molecule has 0 unspecified atom stereocenters. The van der Waals surface area contributed by atoms with Gasteiger partial charge >= 0.3 is 0 Å². The number of rotatable bonds is 2. The van der Waals surface area contributed by atoms with Gasteiger partial charge in [0.2, 0.25) is 0 Å². The highest BCUT2D eigenvalue weighted by atomic mass is 15.1. The number of aryl methyl sites for hydroxylation is 1. The summed E-state index contributed by atoms with van der Waals surface area (Å²) in [5.41, 5.74) is 1.23. The number of hydrogen-bond donors (Lipinski definition) is 0. The largest absolute Gasteiger partial charge is 0.299 e. The molecule has 1 aromatic heterocycles. The molecule has 0 radical (unpaired) electrons. The van der Waals surface area contributed by atoms with Crippen molar-refractivity contribution in [3.63, 3.8) is 0 Å². The highest BCUT2D eigenvalue weighted by molar-refractivity contribution is 5.04. The number of piperidine rings is 1. The Morgan fingerprint density at radius 1 is 1.27 bits per heavy atom. The molecule has 2 rings (SSSR count). The first-order valence-corrected chi connectivity index (χ1v) is 5.74. The predicted octanol–water partition coefficient (Wildman–Crippen LogP) is 2.02. The molecular weight excluding hydrogens is 186 g/mol. The van der Waals surface area contributed by atoms with Crippen molar-refractivity contribution in [2.75, 3.05) is 13.1 Å². The normalized spacial score (nSPS) is 19.3. The van der Waals surface area contributed by atoms with Crippen molar-refractivity contribution in [3.8, 4) is 0 Å². The van der Waals surface area contributed by atoms with Gasteiger partial charge in [0.1, 0.15) is 5.82 Å². The summed E-state index contributed by atoms with van der Waals surface area (Å²) < 4.78 is 0. The second kappa shape index (κ2) is 4.71. The molecule has 15 heavy (non-hydrogen) atoms. The Bertz CT molecular complexity index is 299. The van der Waals surface area contributed by atoms with Crippen LogP contribution in [0.1, 0.15) is 31.2 Å². The molecule has 1 fully saturated rings. The molecule has 1 aromatic rings. The summed E-state index contributed by atoms with van der Waals surface area (Å²) in [6, 6.07) is 0. The Hall–Kier alpha value is -0.960. The molecule has 3 heteroatoms. The van der Waals surface area contributed by atoms with E-state index in [2.05, 4.69) is 21.8 Å². The molecule has 0 bridgehead atoms. The zero-order chi connectivity index (χ0) is 10.7. The fraction of sp³-hybridized carbons (Fsp3) is 0.667. The average Bonchev–Trinajstić information content (AvgIpc) is 2.25. The van der Waals surface area contributed by atoms with Crippen LogP contribution < -0.4 is 0 Å². The molecule has 0 N–H and O–H groups in total. The highest BCUT2D eigenvalue weighted by Crippen LogP contribution is 2.17. The van der Waals surface area contributed by atoms with Crippen molar-refractivity contribution in [3.05, 3.63) is 23.8 Å². The quantitative estimate of drug-likeness (QED) is 0.739. The molecular formula is C12H19N3. The number of aromatic nitrogens is 2. The van der Waals surface area contributed by atoms with Crippen LogP contribution >= 0.6 is 0 Å². The van der Waals surface area contributed by atoms with E-state index in [1.165, 1.54) is 31.5 Å². The van der Waals surface area contributed by atoms with E-state index in [0.29, 0.717) is 0 Å². The van der Waals surface area contributed by atoms with Crippen molar-refractivity contribution >= 4 is 0 Å². The molecule has 1 aliphatic heterocycles. The topological polar surface area (TPSA) is 29.0 Å². The van der Waals surface area contributed by atoms with Crippen molar-refractivity contribution in [2.24, 2.45) is 5.92 Å². The summed E-state index contributed by atoms with van der Waals surface area (Å²) in [6.07, 6.45) is 6.54. The minimum absolute atomic E-state index is 0.853. The standard InChI is InChI=1S/C12H19N3/c1-10-3-5-15(6-4-10)9-12-7-13-11(2)14-8-12/h7-8,10H,3-6,9H2,1-2H3. The summed E-state index contributed by atoms with van der Waals surface area (Å²) in [5, 5.41) is 0. The van der Waals surface area contributed by atoms with Crippen LogP contribution in [0.25, 0.3) is 0 Å². The zero-order valence-electron chi connectivity index (χ0n) is 9.61. The van der Waals surface area contributed by atoms with Gasteiger partial charge in [0, 0.05) is 24.5 Å². The predicted molar refractivity (Wildman–Crippen MR) is 60.4 cm³/mol. The Labute approximate surface area is 91.5 Å².